The summed E-state index contributed by atoms with van der Waals surface area (Å²) in [5, 5.41) is 18.1. The van der Waals surface area contributed by atoms with Crippen LogP contribution in [0.2, 0.25) is 0 Å². The predicted molar refractivity (Wildman–Crippen MR) is 61.7 cm³/mol. The molecule has 2 N–H and O–H groups in total. The van der Waals surface area contributed by atoms with Crippen LogP contribution in [0.25, 0.3) is 0 Å². The van der Waals surface area contributed by atoms with Gasteiger partial charge in [-0.2, -0.15) is 0 Å². The lowest BCUT2D eigenvalue weighted by molar-refractivity contribution is 0.132. The number of amides is 1. The van der Waals surface area contributed by atoms with E-state index in [-0.39, 0.29) is 6.61 Å². The Morgan fingerprint density at radius 3 is 2.76 bits per heavy atom. The summed E-state index contributed by atoms with van der Waals surface area (Å²) >= 11 is 0. The molecule has 0 radical (unpaired) electrons. The van der Waals surface area contributed by atoms with Crippen LogP contribution in [0.1, 0.15) is 30.0 Å². The maximum absolute atomic E-state index is 10.8. The first-order valence-electron chi connectivity index (χ1n) is 5.75. The summed E-state index contributed by atoms with van der Waals surface area (Å²) in [6.07, 6.45) is 2.41. The van der Waals surface area contributed by atoms with Crippen LogP contribution in [0.3, 0.4) is 0 Å². The van der Waals surface area contributed by atoms with Gasteiger partial charge in [0.2, 0.25) is 0 Å². The van der Waals surface area contributed by atoms with Gasteiger partial charge >= 0.3 is 6.09 Å². The second-order valence-electron chi connectivity index (χ2n) is 4.24. The fraction of sp³-hybridized carbons (Fsp3) is 0.500. The fourth-order valence-corrected chi connectivity index (χ4v) is 2.34. The lowest BCUT2D eigenvalue weighted by atomic mass is 9.88. The van der Waals surface area contributed by atoms with Gasteiger partial charge in [0.05, 0.1) is 12.3 Å². The molecule has 0 aromatic carbocycles. The minimum Gasteiger partial charge on any atom is -0.465 e. The van der Waals surface area contributed by atoms with Crippen molar-refractivity contribution in [3.63, 3.8) is 0 Å². The molecule has 0 saturated carbocycles. The molecule has 92 valence electrons. The van der Waals surface area contributed by atoms with Gasteiger partial charge in [-0.1, -0.05) is 6.07 Å². The first-order chi connectivity index (χ1) is 8.22. The molecule has 0 unspecified atom stereocenters. The van der Waals surface area contributed by atoms with Crippen molar-refractivity contribution >= 4 is 6.09 Å². The highest BCUT2D eigenvalue weighted by Crippen LogP contribution is 2.29. The molecule has 1 saturated heterocycles. The zero-order valence-electron chi connectivity index (χ0n) is 9.54. The minimum absolute atomic E-state index is 0.0602. The van der Waals surface area contributed by atoms with Crippen molar-refractivity contribution in [3.05, 3.63) is 29.6 Å². The van der Waals surface area contributed by atoms with E-state index < -0.39 is 6.09 Å². The fourth-order valence-electron chi connectivity index (χ4n) is 2.34. The van der Waals surface area contributed by atoms with Crippen LogP contribution in [0, 0.1) is 0 Å². The largest absolute Gasteiger partial charge is 0.465 e. The number of pyridine rings is 1. The maximum atomic E-state index is 10.8. The summed E-state index contributed by atoms with van der Waals surface area (Å²) in [5.74, 6) is 0.307. The van der Waals surface area contributed by atoms with Crippen LogP contribution in [-0.4, -0.2) is 39.3 Å². The third-order valence-corrected chi connectivity index (χ3v) is 3.28. The van der Waals surface area contributed by atoms with E-state index >= 15 is 0 Å². The molecule has 1 amide bonds. The SMILES string of the molecule is O=C(O)N1CCC(c2cccnc2CO)CC1. The van der Waals surface area contributed by atoms with Crippen molar-refractivity contribution < 1.29 is 15.0 Å². The number of aliphatic hydroxyl groups is 1. The number of hydrogen-bond donors (Lipinski definition) is 2. The highest BCUT2D eigenvalue weighted by molar-refractivity contribution is 5.65. The van der Waals surface area contributed by atoms with Gasteiger partial charge in [0, 0.05) is 19.3 Å². The normalized spacial score (nSPS) is 17.1. The average Bonchev–Trinajstić information content (AvgIpc) is 2.39. The summed E-state index contributed by atoms with van der Waals surface area (Å²) in [4.78, 5) is 16.4. The summed E-state index contributed by atoms with van der Waals surface area (Å²) in [6.45, 7) is 1.05. The molecule has 17 heavy (non-hydrogen) atoms. The van der Waals surface area contributed by atoms with Crippen molar-refractivity contribution in [2.24, 2.45) is 0 Å². The molecule has 5 nitrogen and oxygen atoms in total. The molecule has 5 heteroatoms. The lowest BCUT2D eigenvalue weighted by Gasteiger charge is -2.30. The topological polar surface area (TPSA) is 73.7 Å². The first kappa shape index (κ1) is 11.9. The number of nitrogens with zero attached hydrogens (tertiary/aromatic N) is 2. The van der Waals surface area contributed by atoms with Crippen LogP contribution in [0.15, 0.2) is 18.3 Å². The van der Waals surface area contributed by atoms with Gasteiger partial charge in [-0.25, -0.2) is 4.79 Å². The van der Waals surface area contributed by atoms with Crippen molar-refractivity contribution in [1.29, 1.82) is 0 Å². The number of rotatable bonds is 2. The van der Waals surface area contributed by atoms with E-state index in [1.54, 1.807) is 6.20 Å². The van der Waals surface area contributed by atoms with Crippen molar-refractivity contribution in [1.82, 2.24) is 9.88 Å². The standard InChI is InChI=1S/C12H16N2O3/c15-8-11-10(2-1-5-13-11)9-3-6-14(7-4-9)12(16)17/h1-2,5,9,15H,3-4,6-8H2,(H,16,17). The van der Waals surface area contributed by atoms with Crippen LogP contribution in [0.4, 0.5) is 4.79 Å². The van der Waals surface area contributed by atoms with Crippen molar-refractivity contribution in [2.75, 3.05) is 13.1 Å². The number of aliphatic hydroxyl groups excluding tert-OH is 1. The Morgan fingerprint density at radius 2 is 2.18 bits per heavy atom. The summed E-state index contributed by atoms with van der Waals surface area (Å²) in [5.41, 5.74) is 1.77. The zero-order valence-corrected chi connectivity index (χ0v) is 9.54. The minimum atomic E-state index is -0.850. The average molecular weight is 236 g/mol. The molecule has 1 aliphatic rings. The molecule has 1 aliphatic heterocycles. The molecule has 1 aromatic heterocycles. The monoisotopic (exact) mass is 236 g/mol. The highest BCUT2D eigenvalue weighted by Gasteiger charge is 2.24. The lowest BCUT2D eigenvalue weighted by Crippen LogP contribution is -2.37. The second-order valence-corrected chi connectivity index (χ2v) is 4.24. The summed E-state index contributed by atoms with van der Waals surface area (Å²) in [7, 11) is 0. The predicted octanol–water partition coefficient (Wildman–Crippen LogP) is 1.43. The van der Waals surface area contributed by atoms with E-state index in [2.05, 4.69) is 4.98 Å². The molecular weight excluding hydrogens is 220 g/mol. The van der Waals surface area contributed by atoms with E-state index in [1.165, 1.54) is 4.90 Å². The van der Waals surface area contributed by atoms with E-state index in [0.29, 0.717) is 24.7 Å². The first-order valence-corrected chi connectivity index (χ1v) is 5.75. The van der Waals surface area contributed by atoms with Crippen LogP contribution >= 0.6 is 0 Å². The zero-order chi connectivity index (χ0) is 12.3. The van der Waals surface area contributed by atoms with Crippen LogP contribution in [-0.2, 0) is 6.61 Å². The number of carbonyl (C=O) groups is 1. The molecule has 0 spiro atoms. The Balaban J connectivity index is 2.07. The Morgan fingerprint density at radius 1 is 1.47 bits per heavy atom. The summed E-state index contributed by atoms with van der Waals surface area (Å²) < 4.78 is 0. The number of carboxylic acid groups (broad SMARTS) is 1. The second kappa shape index (κ2) is 5.14. The molecule has 0 bridgehead atoms. The van der Waals surface area contributed by atoms with E-state index in [0.717, 1.165) is 18.4 Å². The third-order valence-electron chi connectivity index (χ3n) is 3.28. The Bertz CT molecular complexity index is 400. The quantitative estimate of drug-likeness (QED) is 0.814. The Hall–Kier alpha value is -1.62. The molecule has 0 atom stereocenters. The van der Waals surface area contributed by atoms with Gasteiger partial charge in [-0.3, -0.25) is 4.98 Å². The maximum Gasteiger partial charge on any atom is 0.407 e. The van der Waals surface area contributed by atoms with E-state index in [1.807, 2.05) is 12.1 Å². The van der Waals surface area contributed by atoms with E-state index in [9.17, 15) is 9.90 Å². The van der Waals surface area contributed by atoms with Gasteiger partial charge in [-0.15, -0.1) is 0 Å². The van der Waals surface area contributed by atoms with Gasteiger partial charge < -0.3 is 15.1 Å². The molecular formula is C12H16N2O3. The number of hydrogen-bond acceptors (Lipinski definition) is 3. The van der Waals surface area contributed by atoms with Crippen LogP contribution < -0.4 is 0 Å². The molecule has 1 aromatic rings. The molecule has 2 heterocycles. The molecule has 1 fully saturated rings. The molecule has 0 aliphatic carbocycles. The van der Waals surface area contributed by atoms with Gasteiger partial charge in [-0.05, 0) is 30.4 Å². The van der Waals surface area contributed by atoms with E-state index in [4.69, 9.17) is 5.11 Å². The van der Waals surface area contributed by atoms with Gasteiger partial charge in [0.15, 0.2) is 0 Å². The number of likely N-dealkylation sites (tertiary alicyclic amines) is 1. The van der Waals surface area contributed by atoms with Crippen molar-refractivity contribution in [2.45, 2.75) is 25.4 Å². The van der Waals surface area contributed by atoms with Crippen LogP contribution in [0.5, 0.6) is 0 Å². The number of piperidine rings is 1. The van der Waals surface area contributed by atoms with Crippen molar-refractivity contribution in [3.8, 4) is 0 Å². The summed E-state index contributed by atoms with van der Waals surface area (Å²) in [6, 6.07) is 3.83. The Kier molecular flexibility index (Phi) is 3.58. The van der Waals surface area contributed by atoms with Gasteiger partial charge in [0.1, 0.15) is 0 Å². The Labute approximate surface area is 99.7 Å². The third kappa shape index (κ3) is 2.55. The van der Waals surface area contributed by atoms with Gasteiger partial charge in [0.25, 0.3) is 0 Å². The number of aromatic nitrogens is 1. The molecule has 2 rings (SSSR count). The smallest absolute Gasteiger partial charge is 0.407 e. The highest BCUT2D eigenvalue weighted by atomic mass is 16.4.